The highest BCUT2D eigenvalue weighted by Crippen LogP contribution is 2.28. The van der Waals surface area contributed by atoms with Gasteiger partial charge < -0.3 is 11.1 Å². The van der Waals surface area contributed by atoms with Crippen molar-refractivity contribution < 1.29 is 4.79 Å². The van der Waals surface area contributed by atoms with E-state index in [0.717, 1.165) is 18.9 Å². The summed E-state index contributed by atoms with van der Waals surface area (Å²) in [6, 6.07) is 0. The summed E-state index contributed by atoms with van der Waals surface area (Å²) in [5.74, 6) is 0.647. The lowest BCUT2D eigenvalue weighted by atomic mass is 9.83. The number of rotatable bonds is 4. The first-order valence-corrected chi connectivity index (χ1v) is 5.34. The van der Waals surface area contributed by atoms with Crippen molar-refractivity contribution in [3.8, 4) is 0 Å². The van der Waals surface area contributed by atoms with Gasteiger partial charge in [0.2, 0.25) is 0 Å². The molecule has 0 aliphatic heterocycles. The Morgan fingerprint density at radius 3 is 3.00 bits per heavy atom. The Kier molecular flexibility index (Phi) is 2.89. The fraction of sp³-hybridized carbons (Fsp3) is 0.600. The molecule has 5 heteroatoms. The van der Waals surface area contributed by atoms with Crippen LogP contribution in [0.25, 0.3) is 0 Å². The highest BCUT2D eigenvalue weighted by Gasteiger charge is 2.17. The standard InChI is InChI=1S/C10H16N4O/c11-8-6-13-14-9(8)10(15)12-5-4-7-2-1-3-7/h6-7H,1-5,11H2,(H,12,15)(H,13,14). The van der Waals surface area contributed by atoms with Crippen LogP contribution in [0, 0.1) is 5.92 Å². The first-order valence-electron chi connectivity index (χ1n) is 5.34. The highest BCUT2D eigenvalue weighted by molar-refractivity contribution is 5.96. The number of nitrogens with two attached hydrogens (primary N) is 1. The summed E-state index contributed by atoms with van der Waals surface area (Å²) in [4.78, 5) is 11.6. The van der Waals surface area contributed by atoms with Gasteiger partial charge in [0.15, 0.2) is 0 Å². The van der Waals surface area contributed by atoms with Gasteiger partial charge in [-0.2, -0.15) is 5.10 Å². The Morgan fingerprint density at radius 2 is 2.47 bits per heavy atom. The Balaban J connectivity index is 1.74. The Morgan fingerprint density at radius 1 is 1.67 bits per heavy atom. The van der Waals surface area contributed by atoms with Crippen molar-refractivity contribution in [1.82, 2.24) is 15.5 Å². The van der Waals surface area contributed by atoms with Crippen molar-refractivity contribution in [3.05, 3.63) is 11.9 Å². The molecular weight excluding hydrogens is 192 g/mol. The van der Waals surface area contributed by atoms with E-state index in [1.165, 1.54) is 25.5 Å². The number of aromatic nitrogens is 2. The van der Waals surface area contributed by atoms with Crippen LogP contribution < -0.4 is 11.1 Å². The summed E-state index contributed by atoms with van der Waals surface area (Å²) < 4.78 is 0. The normalized spacial score (nSPS) is 16.0. The second-order valence-corrected chi connectivity index (χ2v) is 4.04. The molecule has 0 spiro atoms. The van der Waals surface area contributed by atoms with E-state index in [2.05, 4.69) is 15.5 Å². The molecule has 1 fully saturated rings. The molecular formula is C10H16N4O. The number of nitrogens with one attached hydrogen (secondary N) is 2. The predicted octanol–water partition coefficient (Wildman–Crippen LogP) is 0.912. The second-order valence-electron chi connectivity index (χ2n) is 4.04. The zero-order valence-corrected chi connectivity index (χ0v) is 8.62. The molecule has 1 heterocycles. The number of anilines is 1. The van der Waals surface area contributed by atoms with E-state index in [0.29, 0.717) is 11.4 Å². The van der Waals surface area contributed by atoms with Crippen LogP contribution in [-0.2, 0) is 0 Å². The van der Waals surface area contributed by atoms with E-state index in [1.807, 2.05) is 0 Å². The van der Waals surface area contributed by atoms with Crippen LogP contribution in [0.4, 0.5) is 5.69 Å². The summed E-state index contributed by atoms with van der Waals surface area (Å²) in [7, 11) is 0. The third-order valence-corrected chi connectivity index (χ3v) is 2.96. The summed E-state index contributed by atoms with van der Waals surface area (Å²) in [6.45, 7) is 0.724. The van der Waals surface area contributed by atoms with Gasteiger partial charge in [-0.3, -0.25) is 9.89 Å². The largest absolute Gasteiger partial charge is 0.396 e. The molecule has 0 aromatic carbocycles. The number of aromatic amines is 1. The van der Waals surface area contributed by atoms with E-state index >= 15 is 0 Å². The minimum atomic E-state index is -0.163. The number of nitrogens with zero attached hydrogens (tertiary/aromatic N) is 1. The molecule has 1 aromatic heterocycles. The first-order chi connectivity index (χ1) is 7.27. The van der Waals surface area contributed by atoms with Crippen LogP contribution in [0.15, 0.2) is 6.20 Å². The van der Waals surface area contributed by atoms with Crippen molar-refractivity contribution in [3.63, 3.8) is 0 Å². The molecule has 0 atom stereocenters. The summed E-state index contributed by atoms with van der Waals surface area (Å²) >= 11 is 0. The van der Waals surface area contributed by atoms with E-state index in [9.17, 15) is 4.79 Å². The van der Waals surface area contributed by atoms with Crippen molar-refractivity contribution in [2.45, 2.75) is 25.7 Å². The van der Waals surface area contributed by atoms with E-state index < -0.39 is 0 Å². The maximum absolute atomic E-state index is 11.6. The molecule has 5 nitrogen and oxygen atoms in total. The molecule has 1 saturated carbocycles. The van der Waals surface area contributed by atoms with Crippen molar-refractivity contribution >= 4 is 11.6 Å². The molecule has 1 aliphatic carbocycles. The van der Waals surface area contributed by atoms with Gasteiger partial charge in [0, 0.05) is 6.54 Å². The van der Waals surface area contributed by atoms with Gasteiger partial charge in [-0.1, -0.05) is 19.3 Å². The number of amides is 1. The quantitative estimate of drug-likeness (QED) is 0.687. The van der Waals surface area contributed by atoms with E-state index in [-0.39, 0.29) is 5.91 Å². The van der Waals surface area contributed by atoms with Gasteiger partial charge >= 0.3 is 0 Å². The summed E-state index contributed by atoms with van der Waals surface area (Å²) in [6.07, 6.45) is 6.47. The van der Waals surface area contributed by atoms with E-state index in [1.54, 1.807) is 0 Å². The van der Waals surface area contributed by atoms with Crippen LogP contribution in [-0.4, -0.2) is 22.6 Å². The van der Waals surface area contributed by atoms with Gasteiger partial charge in [-0.05, 0) is 12.3 Å². The fourth-order valence-electron chi connectivity index (χ4n) is 1.74. The van der Waals surface area contributed by atoms with Gasteiger partial charge in [0.1, 0.15) is 5.69 Å². The Labute approximate surface area is 88.4 Å². The number of H-pyrrole nitrogens is 1. The first kappa shape index (κ1) is 10.0. The molecule has 0 radical (unpaired) electrons. The van der Waals surface area contributed by atoms with Gasteiger partial charge in [-0.25, -0.2) is 0 Å². The minimum absolute atomic E-state index is 0.163. The number of carbonyl (C=O) groups excluding carboxylic acids is 1. The highest BCUT2D eigenvalue weighted by atomic mass is 16.1. The minimum Gasteiger partial charge on any atom is -0.396 e. The van der Waals surface area contributed by atoms with Gasteiger partial charge in [-0.15, -0.1) is 0 Å². The zero-order chi connectivity index (χ0) is 10.7. The zero-order valence-electron chi connectivity index (χ0n) is 8.62. The number of hydrogen-bond acceptors (Lipinski definition) is 3. The maximum atomic E-state index is 11.6. The SMILES string of the molecule is Nc1cn[nH]c1C(=O)NCCC1CCC1. The predicted molar refractivity (Wildman–Crippen MR) is 57.3 cm³/mol. The van der Waals surface area contributed by atoms with Crippen molar-refractivity contribution in [2.24, 2.45) is 5.92 Å². The lowest BCUT2D eigenvalue weighted by Crippen LogP contribution is -2.28. The van der Waals surface area contributed by atoms with Gasteiger partial charge in [0.05, 0.1) is 11.9 Å². The molecule has 15 heavy (non-hydrogen) atoms. The van der Waals surface area contributed by atoms with Crippen molar-refractivity contribution in [1.29, 1.82) is 0 Å². The molecule has 2 rings (SSSR count). The monoisotopic (exact) mass is 208 g/mol. The molecule has 0 saturated heterocycles. The van der Waals surface area contributed by atoms with Crippen LogP contribution in [0.5, 0.6) is 0 Å². The average Bonchev–Trinajstić information content (AvgIpc) is 2.55. The lowest BCUT2D eigenvalue weighted by Gasteiger charge is -2.25. The van der Waals surface area contributed by atoms with Crippen LogP contribution in [0.3, 0.4) is 0 Å². The summed E-state index contributed by atoms with van der Waals surface area (Å²) in [5.41, 5.74) is 6.32. The summed E-state index contributed by atoms with van der Waals surface area (Å²) in [5, 5.41) is 9.12. The fourth-order valence-corrected chi connectivity index (χ4v) is 1.74. The number of hydrogen-bond donors (Lipinski definition) is 3. The van der Waals surface area contributed by atoms with Crippen molar-refractivity contribution in [2.75, 3.05) is 12.3 Å². The average molecular weight is 208 g/mol. The molecule has 0 bridgehead atoms. The number of nitrogen functional groups attached to an aromatic ring is 1. The van der Waals surface area contributed by atoms with Gasteiger partial charge in [0.25, 0.3) is 5.91 Å². The van der Waals surface area contributed by atoms with Crippen LogP contribution in [0.2, 0.25) is 0 Å². The Bertz CT molecular complexity index is 343. The van der Waals surface area contributed by atoms with Crippen LogP contribution in [0.1, 0.15) is 36.2 Å². The van der Waals surface area contributed by atoms with E-state index in [4.69, 9.17) is 5.73 Å². The smallest absolute Gasteiger partial charge is 0.271 e. The molecule has 0 unspecified atom stereocenters. The topological polar surface area (TPSA) is 83.8 Å². The molecule has 82 valence electrons. The maximum Gasteiger partial charge on any atom is 0.271 e. The molecule has 1 amide bonds. The number of carbonyl (C=O) groups is 1. The third kappa shape index (κ3) is 2.29. The lowest BCUT2D eigenvalue weighted by molar-refractivity contribution is 0.0945. The molecule has 1 aliphatic rings. The second kappa shape index (κ2) is 4.33. The third-order valence-electron chi connectivity index (χ3n) is 2.96. The molecule has 4 N–H and O–H groups in total. The van der Waals surface area contributed by atoms with Crippen LogP contribution >= 0.6 is 0 Å². The molecule has 1 aromatic rings. The Hall–Kier alpha value is -1.52.